The van der Waals surface area contributed by atoms with E-state index >= 15 is 0 Å². The van der Waals surface area contributed by atoms with Gasteiger partial charge in [-0.25, -0.2) is 9.59 Å². The highest BCUT2D eigenvalue weighted by Gasteiger charge is 2.66. The number of carbonyl (C=O) groups is 2. The summed E-state index contributed by atoms with van der Waals surface area (Å²) in [6, 6.07) is 34.5. The van der Waals surface area contributed by atoms with Crippen LogP contribution in [0.5, 0.6) is 0 Å². The van der Waals surface area contributed by atoms with E-state index in [1.807, 2.05) is 123 Å². The molecule has 210 valence electrons. The molecular weight excluding hydrogens is 524 g/mol. The van der Waals surface area contributed by atoms with Gasteiger partial charge in [0.15, 0.2) is 5.41 Å². The second-order valence-electron chi connectivity index (χ2n) is 10.7. The highest BCUT2D eigenvalue weighted by molar-refractivity contribution is 6.21. The third-order valence-corrected chi connectivity index (χ3v) is 8.31. The summed E-state index contributed by atoms with van der Waals surface area (Å²) in [6.07, 6.45) is 0. The monoisotopic (exact) mass is 556 g/mol. The van der Waals surface area contributed by atoms with Crippen molar-refractivity contribution in [2.75, 3.05) is 6.61 Å². The Morgan fingerprint density at radius 2 is 1.36 bits per heavy atom. The van der Waals surface area contributed by atoms with Crippen LogP contribution in [0.15, 0.2) is 120 Å². The molecule has 42 heavy (non-hydrogen) atoms. The minimum Gasteiger partial charge on any atom is -0.463 e. The molecule has 1 spiro atoms. The second kappa shape index (κ2) is 11.1. The Bertz CT molecular complexity index is 1710. The molecule has 0 saturated carbocycles. The van der Waals surface area contributed by atoms with Gasteiger partial charge in [-0.2, -0.15) is 0 Å². The van der Waals surface area contributed by atoms with E-state index in [0.717, 1.165) is 33.4 Å². The van der Waals surface area contributed by atoms with Gasteiger partial charge in [-0.15, -0.1) is 0 Å². The van der Waals surface area contributed by atoms with Crippen LogP contribution in [0, 0.1) is 19.3 Å². The Kier molecular flexibility index (Phi) is 7.21. The topological polar surface area (TPSA) is 77.0 Å². The maximum atomic E-state index is 14.5. The van der Waals surface area contributed by atoms with E-state index < -0.39 is 29.3 Å². The molecule has 3 atom stereocenters. The lowest BCUT2D eigenvalue weighted by Crippen LogP contribution is -2.56. The predicted octanol–water partition coefficient (Wildman–Crippen LogP) is 6.65. The van der Waals surface area contributed by atoms with Crippen LogP contribution < -0.4 is 5.32 Å². The molecule has 2 aliphatic rings. The fraction of sp³-hybridized carbons (Fsp3) is 0.194. The SMILES string of the molecule is CCOC(=O)C1=C(c2ccccc2)N[C@H](c2ccccc2C)[C@]2(C(=O)ON=C2c2ccccc2)[C@@H]1c1ccccc1C. The summed E-state index contributed by atoms with van der Waals surface area (Å²) < 4.78 is 5.74. The molecule has 2 heterocycles. The summed E-state index contributed by atoms with van der Waals surface area (Å²) in [5.74, 6) is -1.80. The van der Waals surface area contributed by atoms with E-state index in [1.54, 1.807) is 6.92 Å². The quantitative estimate of drug-likeness (QED) is 0.212. The zero-order chi connectivity index (χ0) is 29.3. The van der Waals surface area contributed by atoms with E-state index in [1.165, 1.54) is 0 Å². The van der Waals surface area contributed by atoms with Crippen molar-refractivity contribution in [2.45, 2.75) is 32.7 Å². The van der Waals surface area contributed by atoms with Crippen LogP contribution in [0.3, 0.4) is 0 Å². The van der Waals surface area contributed by atoms with Crippen LogP contribution in [0.1, 0.15) is 52.3 Å². The van der Waals surface area contributed by atoms with Gasteiger partial charge in [0.1, 0.15) is 5.71 Å². The van der Waals surface area contributed by atoms with E-state index in [9.17, 15) is 9.59 Å². The van der Waals surface area contributed by atoms with Gasteiger partial charge in [0.25, 0.3) is 0 Å². The number of benzene rings is 4. The molecule has 4 aromatic rings. The van der Waals surface area contributed by atoms with Crippen LogP contribution >= 0.6 is 0 Å². The number of esters is 1. The van der Waals surface area contributed by atoms with Crippen molar-refractivity contribution in [3.8, 4) is 0 Å². The molecule has 0 bridgehead atoms. The Morgan fingerprint density at radius 1 is 0.810 bits per heavy atom. The van der Waals surface area contributed by atoms with Crippen molar-refractivity contribution in [3.63, 3.8) is 0 Å². The van der Waals surface area contributed by atoms with Crippen LogP contribution in [0.4, 0.5) is 0 Å². The lowest BCUT2D eigenvalue weighted by atomic mass is 9.56. The van der Waals surface area contributed by atoms with Gasteiger partial charge in [0.2, 0.25) is 0 Å². The molecule has 0 saturated heterocycles. The van der Waals surface area contributed by atoms with Crippen LogP contribution in [-0.2, 0) is 19.2 Å². The van der Waals surface area contributed by atoms with Gasteiger partial charge in [-0.3, -0.25) is 0 Å². The number of ether oxygens (including phenoxy) is 1. The first-order chi connectivity index (χ1) is 20.5. The van der Waals surface area contributed by atoms with Crippen molar-refractivity contribution in [1.29, 1.82) is 0 Å². The molecule has 0 radical (unpaired) electrons. The average Bonchev–Trinajstić information content (AvgIpc) is 3.35. The minimum absolute atomic E-state index is 0.184. The van der Waals surface area contributed by atoms with Gasteiger partial charge >= 0.3 is 11.9 Å². The van der Waals surface area contributed by atoms with Crippen molar-refractivity contribution in [1.82, 2.24) is 5.32 Å². The van der Waals surface area contributed by atoms with E-state index in [2.05, 4.69) is 10.5 Å². The summed E-state index contributed by atoms with van der Waals surface area (Å²) in [6.45, 7) is 5.99. The first kappa shape index (κ1) is 27.2. The number of hydrogen-bond donors (Lipinski definition) is 1. The van der Waals surface area contributed by atoms with Gasteiger partial charge in [-0.1, -0.05) is 114 Å². The highest BCUT2D eigenvalue weighted by Crippen LogP contribution is 2.59. The number of nitrogens with one attached hydrogen (secondary N) is 1. The number of aryl methyl sites for hydroxylation is 2. The predicted molar refractivity (Wildman–Crippen MR) is 162 cm³/mol. The fourth-order valence-electron chi connectivity index (χ4n) is 6.42. The minimum atomic E-state index is -1.44. The van der Waals surface area contributed by atoms with Crippen molar-refractivity contribution < 1.29 is 19.2 Å². The van der Waals surface area contributed by atoms with Gasteiger partial charge in [0.05, 0.1) is 23.9 Å². The second-order valence-corrected chi connectivity index (χ2v) is 10.7. The summed E-state index contributed by atoms with van der Waals surface area (Å²) in [5.41, 5.74) is 5.25. The fourth-order valence-corrected chi connectivity index (χ4v) is 6.42. The molecule has 6 heteroatoms. The Hall–Kier alpha value is -4.97. The Labute approximate surface area is 245 Å². The summed E-state index contributed by atoms with van der Waals surface area (Å²) in [4.78, 5) is 34.4. The molecule has 0 unspecified atom stereocenters. The molecule has 4 aromatic carbocycles. The maximum absolute atomic E-state index is 14.5. The smallest absolute Gasteiger partial charge is 0.350 e. The number of carbonyl (C=O) groups excluding carboxylic acids is 2. The zero-order valence-corrected chi connectivity index (χ0v) is 23.8. The summed E-state index contributed by atoms with van der Waals surface area (Å²) in [7, 11) is 0. The Morgan fingerprint density at radius 3 is 1.95 bits per heavy atom. The zero-order valence-electron chi connectivity index (χ0n) is 23.8. The number of nitrogens with zero attached hydrogens (tertiary/aromatic N) is 1. The number of rotatable bonds is 6. The van der Waals surface area contributed by atoms with Crippen LogP contribution in [0.2, 0.25) is 0 Å². The number of hydrogen-bond acceptors (Lipinski definition) is 6. The lowest BCUT2D eigenvalue weighted by Gasteiger charge is -2.48. The van der Waals surface area contributed by atoms with Crippen molar-refractivity contribution >= 4 is 23.3 Å². The summed E-state index contributed by atoms with van der Waals surface area (Å²) in [5, 5.41) is 8.16. The Balaban J connectivity index is 1.78. The van der Waals surface area contributed by atoms with E-state index in [0.29, 0.717) is 17.0 Å². The normalized spacial score (nSPS) is 21.5. The largest absolute Gasteiger partial charge is 0.463 e. The van der Waals surface area contributed by atoms with E-state index in [-0.39, 0.29) is 6.61 Å². The lowest BCUT2D eigenvalue weighted by molar-refractivity contribution is -0.151. The summed E-state index contributed by atoms with van der Waals surface area (Å²) >= 11 is 0. The standard InChI is InChI=1S/C36H32N2O4/c1-4-41-34(39)29-30(27-21-13-11-15-23(27)2)36(32(38-42-35(36)40)26-19-9-6-10-20-26)33(28-22-14-12-16-24(28)3)37-31(29)25-17-7-5-8-18-25/h5-22,30,33,37H,4H2,1-3H3/t30-,33-,36+/m1/s1. The van der Waals surface area contributed by atoms with Crippen LogP contribution in [-0.4, -0.2) is 24.3 Å². The van der Waals surface area contributed by atoms with E-state index in [4.69, 9.17) is 9.57 Å². The third-order valence-electron chi connectivity index (χ3n) is 8.31. The van der Waals surface area contributed by atoms with Gasteiger partial charge in [-0.05, 0) is 48.6 Å². The maximum Gasteiger partial charge on any atom is 0.350 e. The molecule has 6 nitrogen and oxygen atoms in total. The molecule has 0 amide bonds. The van der Waals surface area contributed by atoms with Gasteiger partial charge < -0.3 is 14.9 Å². The number of oxime groups is 1. The molecular formula is C36H32N2O4. The van der Waals surface area contributed by atoms with Crippen molar-refractivity contribution in [3.05, 3.63) is 148 Å². The van der Waals surface area contributed by atoms with Crippen LogP contribution in [0.25, 0.3) is 5.70 Å². The van der Waals surface area contributed by atoms with Gasteiger partial charge in [0, 0.05) is 11.5 Å². The third kappa shape index (κ3) is 4.31. The first-order valence-electron chi connectivity index (χ1n) is 14.2. The molecule has 0 aromatic heterocycles. The average molecular weight is 557 g/mol. The first-order valence-corrected chi connectivity index (χ1v) is 14.2. The molecule has 0 aliphatic carbocycles. The molecule has 1 N–H and O–H groups in total. The molecule has 6 rings (SSSR count). The van der Waals surface area contributed by atoms with Crippen molar-refractivity contribution in [2.24, 2.45) is 10.6 Å². The molecule has 2 aliphatic heterocycles. The molecule has 0 fully saturated rings. The highest BCUT2D eigenvalue weighted by atomic mass is 16.7.